The summed E-state index contributed by atoms with van der Waals surface area (Å²) in [4.78, 5) is 26.0. The van der Waals surface area contributed by atoms with Crippen molar-refractivity contribution in [2.75, 3.05) is 19.7 Å². The Labute approximate surface area is 161 Å². The first-order chi connectivity index (χ1) is 13.3. The van der Waals surface area contributed by atoms with E-state index in [4.69, 9.17) is 4.74 Å². The van der Waals surface area contributed by atoms with Gasteiger partial charge < -0.3 is 20.3 Å². The third-order valence-electron chi connectivity index (χ3n) is 5.11. The van der Waals surface area contributed by atoms with Crippen LogP contribution < -0.4 is 15.4 Å². The summed E-state index contributed by atoms with van der Waals surface area (Å²) in [5.74, 6) is 0.250. The first-order valence-corrected chi connectivity index (χ1v) is 9.41. The van der Waals surface area contributed by atoms with Gasteiger partial charge in [0.1, 0.15) is 5.75 Å². The van der Waals surface area contributed by atoms with E-state index in [0.29, 0.717) is 25.1 Å². The smallest absolute Gasteiger partial charge is 0.422 e. The molecule has 0 saturated carbocycles. The second kappa shape index (κ2) is 8.70. The number of hydrogen-bond donors (Lipinski definition) is 2. The molecule has 2 unspecified atom stereocenters. The molecule has 2 fully saturated rings. The number of amides is 3. The second-order valence-electron chi connectivity index (χ2n) is 7.23. The van der Waals surface area contributed by atoms with Gasteiger partial charge in [-0.25, -0.2) is 4.79 Å². The van der Waals surface area contributed by atoms with E-state index in [1.807, 2.05) is 0 Å². The summed E-state index contributed by atoms with van der Waals surface area (Å²) in [6.07, 6.45) is -1.15. The van der Waals surface area contributed by atoms with Crippen molar-refractivity contribution in [3.63, 3.8) is 0 Å². The van der Waals surface area contributed by atoms with Crippen LogP contribution >= 0.6 is 0 Å². The number of nitrogens with one attached hydrogen (secondary N) is 2. The van der Waals surface area contributed by atoms with Crippen molar-refractivity contribution >= 4 is 11.9 Å². The average molecular weight is 399 g/mol. The summed E-state index contributed by atoms with van der Waals surface area (Å²) in [7, 11) is 0. The van der Waals surface area contributed by atoms with Gasteiger partial charge in [-0.05, 0) is 37.0 Å². The van der Waals surface area contributed by atoms with Crippen molar-refractivity contribution in [1.29, 1.82) is 0 Å². The van der Waals surface area contributed by atoms with Crippen LogP contribution in [0.1, 0.15) is 31.2 Å². The minimum Gasteiger partial charge on any atom is -0.484 e. The number of alkyl halides is 3. The number of ether oxygens (including phenoxy) is 1. The number of benzene rings is 1. The second-order valence-corrected chi connectivity index (χ2v) is 7.23. The van der Waals surface area contributed by atoms with Gasteiger partial charge in [-0.2, -0.15) is 13.2 Å². The van der Waals surface area contributed by atoms with E-state index in [1.165, 1.54) is 12.1 Å². The Morgan fingerprint density at radius 2 is 2.14 bits per heavy atom. The van der Waals surface area contributed by atoms with E-state index < -0.39 is 12.8 Å². The van der Waals surface area contributed by atoms with Crippen molar-refractivity contribution in [3.8, 4) is 5.75 Å². The monoisotopic (exact) mass is 399 g/mol. The first kappa shape index (κ1) is 20.3. The number of nitrogens with zero attached hydrogens (tertiary/aromatic N) is 1. The van der Waals surface area contributed by atoms with Crippen molar-refractivity contribution in [1.82, 2.24) is 15.5 Å². The Balaban J connectivity index is 1.56. The topological polar surface area (TPSA) is 70.7 Å². The summed E-state index contributed by atoms with van der Waals surface area (Å²) < 4.78 is 41.6. The zero-order chi connectivity index (χ0) is 20.1. The molecule has 2 aliphatic heterocycles. The summed E-state index contributed by atoms with van der Waals surface area (Å²) in [6, 6.07) is 6.04. The number of carbonyl (C=O) groups is 2. The van der Waals surface area contributed by atoms with Crippen molar-refractivity contribution in [2.24, 2.45) is 5.92 Å². The van der Waals surface area contributed by atoms with E-state index in [9.17, 15) is 22.8 Å². The minimum absolute atomic E-state index is 0.0200. The highest BCUT2D eigenvalue weighted by molar-refractivity contribution is 5.79. The van der Waals surface area contributed by atoms with E-state index >= 15 is 0 Å². The molecule has 0 spiro atoms. The molecular weight excluding hydrogens is 375 g/mol. The van der Waals surface area contributed by atoms with E-state index in [-0.39, 0.29) is 36.2 Å². The molecule has 9 heteroatoms. The van der Waals surface area contributed by atoms with Crippen LogP contribution in [-0.4, -0.2) is 48.8 Å². The van der Waals surface area contributed by atoms with E-state index in [1.54, 1.807) is 17.0 Å². The maximum atomic E-state index is 12.7. The number of hydrogen-bond acceptors (Lipinski definition) is 3. The van der Waals surface area contributed by atoms with Crippen molar-refractivity contribution in [2.45, 2.75) is 44.4 Å². The molecule has 1 aromatic carbocycles. The van der Waals surface area contributed by atoms with Gasteiger partial charge in [0.15, 0.2) is 6.61 Å². The van der Waals surface area contributed by atoms with Gasteiger partial charge in [-0.1, -0.05) is 12.1 Å². The SMILES string of the molecule is O=C1CC(C2CCCCN2C(=O)NCc2cccc(OCC(F)(F)F)c2)CN1. The molecule has 1 aromatic rings. The minimum atomic E-state index is -4.40. The molecule has 154 valence electrons. The third-order valence-corrected chi connectivity index (χ3v) is 5.11. The molecule has 0 bridgehead atoms. The maximum absolute atomic E-state index is 12.7. The molecule has 2 N–H and O–H groups in total. The highest BCUT2D eigenvalue weighted by Gasteiger charge is 2.36. The molecule has 6 nitrogen and oxygen atoms in total. The maximum Gasteiger partial charge on any atom is 0.422 e. The molecular formula is C19H24F3N3O3. The number of piperidine rings is 1. The van der Waals surface area contributed by atoms with Crippen LogP contribution in [0.5, 0.6) is 5.75 Å². The summed E-state index contributed by atoms with van der Waals surface area (Å²) in [5.41, 5.74) is 0.652. The largest absolute Gasteiger partial charge is 0.484 e. The fourth-order valence-electron chi connectivity index (χ4n) is 3.79. The summed E-state index contributed by atoms with van der Waals surface area (Å²) >= 11 is 0. The van der Waals surface area contributed by atoms with E-state index in [0.717, 1.165) is 19.3 Å². The molecule has 3 amide bonds. The van der Waals surface area contributed by atoms with Crippen LogP contribution in [0.25, 0.3) is 0 Å². The van der Waals surface area contributed by atoms with Crippen LogP contribution in [0.4, 0.5) is 18.0 Å². The molecule has 2 atom stereocenters. The van der Waals surface area contributed by atoms with Gasteiger partial charge in [-0.3, -0.25) is 4.79 Å². The predicted molar refractivity (Wildman–Crippen MR) is 95.7 cm³/mol. The Morgan fingerprint density at radius 1 is 1.32 bits per heavy atom. The zero-order valence-electron chi connectivity index (χ0n) is 15.4. The standard InChI is InChI=1S/C19H24F3N3O3/c20-19(21,22)12-28-15-5-3-4-13(8-15)10-24-18(27)25-7-2-1-6-16(25)14-9-17(26)23-11-14/h3-5,8,14,16H,1-2,6-7,9-12H2,(H,23,26)(H,24,27). The number of rotatable bonds is 5. The molecule has 2 saturated heterocycles. The lowest BCUT2D eigenvalue weighted by Crippen LogP contribution is -2.51. The Kier molecular flexibility index (Phi) is 6.31. The Morgan fingerprint density at radius 3 is 2.86 bits per heavy atom. The Bertz CT molecular complexity index is 711. The number of halogens is 3. The molecule has 0 radical (unpaired) electrons. The molecule has 28 heavy (non-hydrogen) atoms. The molecule has 2 heterocycles. The number of carbonyl (C=O) groups excluding carboxylic acids is 2. The third kappa shape index (κ3) is 5.53. The zero-order valence-corrected chi connectivity index (χ0v) is 15.4. The lowest BCUT2D eigenvalue weighted by molar-refractivity contribution is -0.153. The highest BCUT2D eigenvalue weighted by atomic mass is 19.4. The normalized spacial score (nSPS) is 22.7. The molecule has 0 aromatic heterocycles. The van der Waals surface area contributed by atoms with Gasteiger partial charge in [-0.15, -0.1) is 0 Å². The van der Waals surface area contributed by atoms with Gasteiger partial charge in [0, 0.05) is 38.0 Å². The van der Waals surface area contributed by atoms with Crippen molar-refractivity contribution < 1.29 is 27.5 Å². The van der Waals surface area contributed by atoms with Crippen LogP contribution in [0.2, 0.25) is 0 Å². The lowest BCUT2D eigenvalue weighted by Gasteiger charge is -2.38. The summed E-state index contributed by atoms with van der Waals surface area (Å²) in [5, 5.41) is 5.66. The average Bonchev–Trinajstić information content (AvgIpc) is 3.10. The first-order valence-electron chi connectivity index (χ1n) is 9.41. The van der Waals surface area contributed by atoms with Crippen LogP contribution in [0, 0.1) is 5.92 Å². The van der Waals surface area contributed by atoms with E-state index in [2.05, 4.69) is 10.6 Å². The van der Waals surface area contributed by atoms with Crippen molar-refractivity contribution in [3.05, 3.63) is 29.8 Å². The molecule has 2 aliphatic rings. The van der Waals surface area contributed by atoms with Gasteiger partial charge in [0.2, 0.25) is 5.91 Å². The number of likely N-dealkylation sites (tertiary alicyclic amines) is 1. The summed E-state index contributed by atoms with van der Waals surface area (Å²) in [6.45, 7) is 0.0569. The number of urea groups is 1. The fraction of sp³-hybridized carbons (Fsp3) is 0.579. The van der Waals surface area contributed by atoms with Gasteiger partial charge >= 0.3 is 12.2 Å². The van der Waals surface area contributed by atoms with Gasteiger partial charge in [0.25, 0.3) is 0 Å². The molecule has 3 rings (SSSR count). The quantitative estimate of drug-likeness (QED) is 0.800. The predicted octanol–water partition coefficient (Wildman–Crippen LogP) is 2.83. The lowest BCUT2D eigenvalue weighted by atomic mass is 9.90. The van der Waals surface area contributed by atoms with Gasteiger partial charge in [0.05, 0.1) is 0 Å². The Hall–Kier alpha value is -2.45. The fourth-order valence-corrected chi connectivity index (χ4v) is 3.79. The van der Waals surface area contributed by atoms with Crippen LogP contribution in [0.3, 0.4) is 0 Å². The highest BCUT2D eigenvalue weighted by Crippen LogP contribution is 2.27. The van der Waals surface area contributed by atoms with Crippen LogP contribution in [-0.2, 0) is 11.3 Å². The van der Waals surface area contributed by atoms with Crippen LogP contribution in [0.15, 0.2) is 24.3 Å². The molecule has 0 aliphatic carbocycles.